The fourth-order valence-corrected chi connectivity index (χ4v) is 2.74. The monoisotopic (exact) mass is 381 g/mol. The van der Waals surface area contributed by atoms with Gasteiger partial charge in [-0.2, -0.15) is 0 Å². The average molecular weight is 382 g/mol. The van der Waals surface area contributed by atoms with Gasteiger partial charge in [-0.05, 0) is 42.8 Å². The van der Waals surface area contributed by atoms with Gasteiger partial charge in [0, 0.05) is 5.56 Å². The normalized spacial score (nSPS) is 14.5. The van der Waals surface area contributed by atoms with Gasteiger partial charge in [-0.15, -0.1) is 6.42 Å². The van der Waals surface area contributed by atoms with Gasteiger partial charge >= 0.3 is 5.97 Å². The smallest absolute Gasteiger partial charge is 0.363 e. The van der Waals surface area contributed by atoms with Crippen molar-refractivity contribution in [2.45, 2.75) is 6.92 Å². The number of ether oxygens (including phenoxy) is 3. The Labute approximate surface area is 162 Å². The molecule has 0 radical (unpaired) electrons. The molecule has 136 valence electrons. The molecule has 0 unspecified atom stereocenters. The van der Waals surface area contributed by atoms with Crippen molar-refractivity contribution >= 4 is 29.5 Å². The van der Waals surface area contributed by atoms with Crippen molar-refractivity contribution in [2.24, 2.45) is 4.99 Å². The summed E-state index contributed by atoms with van der Waals surface area (Å²) >= 11 is 6.26. The molecule has 0 spiro atoms. The highest BCUT2D eigenvalue weighted by Gasteiger charge is 2.24. The minimum atomic E-state index is -0.534. The first-order valence-electron chi connectivity index (χ1n) is 8.05. The van der Waals surface area contributed by atoms with E-state index < -0.39 is 5.97 Å². The minimum Gasteiger partial charge on any atom is -0.493 e. The molecule has 1 aliphatic rings. The molecule has 0 N–H and O–H groups in total. The van der Waals surface area contributed by atoms with Crippen LogP contribution in [0.5, 0.6) is 11.5 Å². The van der Waals surface area contributed by atoms with Crippen molar-refractivity contribution in [3.8, 4) is 23.8 Å². The summed E-state index contributed by atoms with van der Waals surface area (Å²) in [6.07, 6.45) is 6.78. The summed E-state index contributed by atoms with van der Waals surface area (Å²) in [4.78, 5) is 16.4. The van der Waals surface area contributed by atoms with Crippen LogP contribution in [0.1, 0.15) is 16.7 Å². The number of hydrogen-bond donors (Lipinski definition) is 0. The zero-order valence-electron chi connectivity index (χ0n) is 14.8. The van der Waals surface area contributed by atoms with E-state index >= 15 is 0 Å². The number of halogens is 1. The van der Waals surface area contributed by atoms with Crippen molar-refractivity contribution in [1.82, 2.24) is 0 Å². The molecule has 0 saturated heterocycles. The Morgan fingerprint density at radius 3 is 2.70 bits per heavy atom. The van der Waals surface area contributed by atoms with Crippen LogP contribution >= 0.6 is 11.6 Å². The number of methoxy groups -OCH3 is 1. The van der Waals surface area contributed by atoms with Crippen molar-refractivity contribution in [1.29, 1.82) is 0 Å². The molecule has 27 heavy (non-hydrogen) atoms. The summed E-state index contributed by atoms with van der Waals surface area (Å²) in [5.41, 5.74) is 2.62. The number of aliphatic imine (C=N–C) groups is 1. The van der Waals surface area contributed by atoms with Gasteiger partial charge < -0.3 is 14.2 Å². The van der Waals surface area contributed by atoms with E-state index in [9.17, 15) is 4.79 Å². The van der Waals surface area contributed by atoms with Crippen molar-refractivity contribution < 1.29 is 19.0 Å². The zero-order valence-corrected chi connectivity index (χ0v) is 15.5. The summed E-state index contributed by atoms with van der Waals surface area (Å²) in [5.74, 6) is 2.84. The summed E-state index contributed by atoms with van der Waals surface area (Å²) < 4.78 is 16.0. The van der Waals surface area contributed by atoms with E-state index in [4.69, 9.17) is 32.2 Å². The van der Waals surface area contributed by atoms with Gasteiger partial charge in [0.25, 0.3) is 0 Å². The van der Waals surface area contributed by atoms with Gasteiger partial charge in [0.05, 0.1) is 12.1 Å². The Hall–Kier alpha value is -3.23. The molecular weight excluding hydrogens is 366 g/mol. The standard InChI is InChI=1S/C21H16ClNO4/c1-4-9-26-19-16(22)10-14(12-18(19)25-3)11-17-21(24)27-20(23-17)15-7-5-13(2)6-8-15/h1,5-8,10-12H,9H2,2-3H3. The molecule has 3 rings (SSSR count). The van der Waals surface area contributed by atoms with Crippen LogP contribution in [0.25, 0.3) is 6.08 Å². The predicted molar refractivity (Wildman–Crippen MR) is 104 cm³/mol. The highest BCUT2D eigenvalue weighted by atomic mass is 35.5. The van der Waals surface area contributed by atoms with Gasteiger partial charge in [0.15, 0.2) is 17.2 Å². The van der Waals surface area contributed by atoms with Crippen molar-refractivity contribution in [3.63, 3.8) is 0 Å². The van der Waals surface area contributed by atoms with Crippen LogP contribution in [0, 0.1) is 19.3 Å². The zero-order chi connectivity index (χ0) is 19.4. The third-order valence-electron chi connectivity index (χ3n) is 3.77. The highest BCUT2D eigenvalue weighted by Crippen LogP contribution is 2.37. The molecule has 1 aliphatic heterocycles. The number of esters is 1. The molecule has 0 aromatic heterocycles. The first-order chi connectivity index (χ1) is 13.0. The fraction of sp³-hybridized carbons (Fsp3) is 0.143. The van der Waals surface area contributed by atoms with Gasteiger partial charge in [0.1, 0.15) is 6.61 Å². The highest BCUT2D eigenvalue weighted by molar-refractivity contribution is 6.32. The van der Waals surface area contributed by atoms with Crippen LogP contribution in [0.4, 0.5) is 0 Å². The molecule has 0 aliphatic carbocycles. The van der Waals surface area contributed by atoms with E-state index in [1.165, 1.54) is 7.11 Å². The lowest BCUT2D eigenvalue weighted by atomic mass is 10.1. The van der Waals surface area contributed by atoms with Crippen molar-refractivity contribution in [2.75, 3.05) is 13.7 Å². The molecule has 0 saturated carbocycles. The molecular formula is C21H16ClNO4. The number of cyclic esters (lactones) is 1. The Morgan fingerprint density at radius 1 is 1.30 bits per heavy atom. The number of carbonyl (C=O) groups is 1. The van der Waals surface area contributed by atoms with E-state index in [1.54, 1.807) is 18.2 Å². The van der Waals surface area contributed by atoms with E-state index in [0.29, 0.717) is 22.1 Å². The molecule has 5 nitrogen and oxygen atoms in total. The van der Waals surface area contributed by atoms with Crippen molar-refractivity contribution in [3.05, 3.63) is 63.8 Å². The maximum Gasteiger partial charge on any atom is 0.363 e. The quantitative estimate of drug-likeness (QED) is 0.446. The lowest BCUT2D eigenvalue weighted by Gasteiger charge is -2.11. The molecule has 0 atom stereocenters. The maximum atomic E-state index is 12.2. The minimum absolute atomic E-state index is 0.0625. The van der Waals surface area contributed by atoms with E-state index in [0.717, 1.165) is 11.1 Å². The van der Waals surface area contributed by atoms with E-state index in [-0.39, 0.29) is 18.2 Å². The predicted octanol–water partition coefficient (Wildman–Crippen LogP) is 4.01. The lowest BCUT2D eigenvalue weighted by molar-refractivity contribution is -0.129. The Bertz CT molecular complexity index is 984. The fourth-order valence-electron chi connectivity index (χ4n) is 2.46. The molecule has 1 heterocycles. The maximum absolute atomic E-state index is 12.2. The van der Waals surface area contributed by atoms with Gasteiger partial charge in [-0.3, -0.25) is 0 Å². The average Bonchev–Trinajstić information content (AvgIpc) is 3.01. The Kier molecular flexibility index (Phi) is 5.49. The summed E-state index contributed by atoms with van der Waals surface area (Å²) in [7, 11) is 1.49. The van der Waals surface area contributed by atoms with E-state index in [1.807, 2.05) is 31.2 Å². The number of aryl methyl sites for hydroxylation is 1. The Balaban J connectivity index is 1.94. The number of terminal acetylenes is 1. The molecule has 0 bridgehead atoms. The second-order valence-electron chi connectivity index (χ2n) is 5.73. The third-order valence-corrected chi connectivity index (χ3v) is 4.05. The molecule has 2 aromatic carbocycles. The first-order valence-corrected chi connectivity index (χ1v) is 8.43. The summed E-state index contributed by atoms with van der Waals surface area (Å²) in [5, 5.41) is 0.311. The number of nitrogens with zero attached hydrogens (tertiary/aromatic N) is 1. The van der Waals surface area contributed by atoms with Gasteiger partial charge in [-0.25, -0.2) is 9.79 Å². The topological polar surface area (TPSA) is 57.1 Å². The lowest BCUT2D eigenvalue weighted by Crippen LogP contribution is -2.05. The molecule has 0 amide bonds. The summed E-state index contributed by atoms with van der Waals surface area (Å²) in [6, 6.07) is 10.9. The number of hydrogen-bond acceptors (Lipinski definition) is 5. The van der Waals surface area contributed by atoms with Gasteiger partial charge in [0.2, 0.25) is 5.90 Å². The molecule has 6 heteroatoms. The second kappa shape index (κ2) is 7.98. The van der Waals surface area contributed by atoms with Crippen LogP contribution in [-0.4, -0.2) is 25.6 Å². The van der Waals surface area contributed by atoms with Crippen LogP contribution < -0.4 is 9.47 Å². The second-order valence-corrected chi connectivity index (χ2v) is 6.14. The van der Waals surface area contributed by atoms with Crippen LogP contribution in [-0.2, 0) is 9.53 Å². The summed E-state index contributed by atoms with van der Waals surface area (Å²) in [6.45, 7) is 2.04. The Morgan fingerprint density at radius 2 is 2.04 bits per heavy atom. The number of carbonyl (C=O) groups excluding carboxylic acids is 1. The van der Waals surface area contributed by atoms with Gasteiger partial charge in [-0.1, -0.05) is 35.2 Å². The van der Waals surface area contributed by atoms with Crippen LogP contribution in [0.2, 0.25) is 5.02 Å². The molecule has 2 aromatic rings. The van der Waals surface area contributed by atoms with E-state index in [2.05, 4.69) is 10.9 Å². The number of benzene rings is 2. The number of rotatable bonds is 5. The largest absolute Gasteiger partial charge is 0.493 e. The first kappa shape index (κ1) is 18.6. The third kappa shape index (κ3) is 4.13. The van der Waals surface area contributed by atoms with Crippen LogP contribution in [0.15, 0.2) is 47.1 Å². The molecule has 0 fully saturated rings. The SMILES string of the molecule is C#CCOc1c(Cl)cc(C=C2N=C(c3ccc(C)cc3)OC2=O)cc1OC. The van der Waals surface area contributed by atoms with Crippen LogP contribution in [0.3, 0.4) is 0 Å².